The molecule has 0 saturated carbocycles. The van der Waals surface area contributed by atoms with Crippen LogP contribution in [-0.2, 0) is 15.1 Å². The van der Waals surface area contributed by atoms with Crippen molar-refractivity contribution >= 4 is 5.97 Å². The van der Waals surface area contributed by atoms with Crippen molar-refractivity contribution in [2.24, 2.45) is 5.41 Å². The Hall–Kier alpha value is -1.98. The van der Waals surface area contributed by atoms with E-state index < -0.39 is 52.6 Å². The van der Waals surface area contributed by atoms with Gasteiger partial charge in [0.25, 0.3) is 5.60 Å². The van der Waals surface area contributed by atoms with E-state index in [9.17, 15) is 49.4 Å². The van der Waals surface area contributed by atoms with Crippen LogP contribution < -0.4 is 0 Å². The van der Waals surface area contributed by atoms with Gasteiger partial charge >= 0.3 is 24.5 Å². The van der Waals surface area contributed by atoms with Crippen molar-refractivity contribution in [3.05, 3.63) is 35.4 Å². The zero-order valence-corrected chi connectivity index (χ0v) is 17.1. The molecular weight excluding hydrogens is 495 g/mol. The first-order chi connectivity index (χ1) is 13.5. The zero-order valence-electron chi connectivity index (χ0n) is 17.1. The average molecular weight is 533 g/mol. The quantitative estimate of drug-likeness (QED) is 0.312. The van der Waals surface area contributed by atoms with Crippen LogP contribution in [-0.4, -0.2) is 35.2 Å². The van der Waals surface area contributed by atoms with Crippen molar-refractivity contribution in [1.82, 2.24) is 0 Å². The first kappa shape index (κ1) is 40.2. The zero-order chi connectivity index (χ0) is 24.8. The van der Waals surface area contributed by atoms with Gasteiger partial charge in [0.1, 0.15) is 5.60 Å². The first-order valence-electron chi connectivity index (χ1n) is 8.76. The Morgan fingerprint density at radius 2 is 1.09 bits per heavy atom. The van der Waals surface area contributed by atoms with E-state index in [-0.39, 0.29) is 47.4 Å². The summed E-state index contributed by atoms with van der Waals surface area (Å²) >= 11 is 0. The molecule has 210 valence electrons. The van der Waals surface area contributed by atoms with Crippen LogP contribution in [0.25, 0.3) is 0 Å². The van der Waals surface area contributed by atoms with Crippen LogP contribution in [0.5, 0.6) is 0 Å². The number of esters is 1. The fourth-order valence-electron chi connectivity index (χ4n) is 2.76. The number of aliphatic hydroxyl groups is 1. The molecule has 35 heavy (non-hydrogen) atoms. The topological polar surface area (TPSA) is 46.5 Å². The van der Waals surface area contributed by atoms with Gasteiger partial charge in [-0.25, -0.2) is 0 Å². The molecule has 0 bridgehead atoms. The van der Waals surface area contributed by atoms with Gasteiger partial charge in [-0.1, -0.05) is 60.9 Å². The molecule has 1 aromatic carbocycles. The molecule has 0 aliphatic carbocycles. The van der Waals surface area contributed by atoms with Crippen LogP contribution in [0.1, 0.15) is 81.4 Å². The van der Waals surface area contributed by atoms with Crippen LogP contribution in [0.15, 0.2) is 24.3 Å². The number of carbonyl (C=O) groups excluding carboxylic acids is 1. The number of ether oxygens (including phenoxy) is 1. The van der Waals surface area contributed by atoms with Crippen molar-refractivity contribution in [2.75, 3.05) is 0 Å². The summed E-state index contributed by atoms with van der Waals surface area (Å²) in [6.07, 6.45) is -17.4. The van der Waals surface area contributed by atoms with E-state index in [4.69, 9.17) is 4.74 Å². The number of rotatable bonds is 4. The minimum Gasteiger partial charge on any atom is -0.459 e. The lowest BCUT2D eigenvalue weighted by atomic mass is 9.73. The Kier molecular flexibility index (Phi) is 13.6. The molecule has 0 spiro atoms. The minimum absolute atomic E-state index is 0. The predicted octanol–water partition coefficient (Wildman–Crippen LogP) is 8.56. The predicted molar refractivity (Wildman–Crippen MR) is 118 cm³/mol. The molecule has 1 rings (SSSR count). The van der Waals surface area contributed by atoms with Gasteiger partial charge in [0.15, 0.2) is 5.41 Å². The lowest BCUT2D eigenvalue weighted by molar-refractivity contribution is -0.376. The van der Waals surface area contributed by atoms with E-state index in [0.717, 1.165) is 6.92 Å². The van der Waals surface area contributed by atoms with E-state index in [1.165, 1.54) is 20.8 Å². The van der Waals surface area contributed by atoms with Crippen LogP contribution in [0.3, 0.4) is 0 Å². The monoisotopic (exact) mass is 532 g/mol. The van der Waals surface area contributed by atoms with E-state index in [2.05, 4.69) is 0 Å². The lowest BCUT2D eigenvalue weighted by Crippen LogP contribution is -2.54. The summed E-state index contributed by atoms with van der Waals surface area (Å²) < 4.78 is 124. The van der Waals surface area contributed by atoms with Crippen molar-refractivity contribution in [1.29, 1.82) is 0 Å². The fourth-order valence-corrected chi connectivity index (χ4v) is 2.76. The maximum atomic E-state index is 13.8. The molecule has 3 nitrogen and oxygen atoms in total. The first-order valence-corrected chi connectivity index (χ1v) is 8.76. The summed E-state index contributed by atoms with van der Waals surface area (Å²) in [5.74, 6) is -3.41. The number of halogens is 9. The van der Waals surface area contributed by atoms with Gasteiger partial charge in [-0.05, 0) is 33.3 Å². The van der Waals surface area contributed by atoms with Crippen LogP contribution in [0, 0.1) is 5.41 Å². The molecule has 2 atom stereocenters. The number of hydrogen-bond donors (Lipinski definition) is 1. The Labute approximate surface area is 201 Å². The summed E-state index contributed by atoms with van der Waals surface area (Å²) in [7, 11) is 0. The van der Waals surface area contributed by atoms with Crippen LogP contribution >= 0.6 is 0 Å². The summed E-state index contributed by atoms with van der Waals surface area (Å²) in [5.41, 5.74) is -11.7. The smallest absolute Gasteiger partial charge is 0.430 e. The van der Waals surface area contributed by atoms with Gasteiger partial charge in [-0.15, -0.1) is 0 Å². The van der Waals surface area contributed by atoms with E-state index in [0.29, 0.717) is 19.1 Å². The Morgan fingerprint density at radius 3 is 1.34 bits per heavy atom. The molecule has 1 N–H and O–H groups in total. The number of carbonyl (C=O) groups is 1. The summed E-state index contributed by atoms with van der Waals surface area (Å²) in [6, 6.07) is 1.57. The number of hydrogen-bond acceptors (Lipinski definition) is 3. The summed E-state index contributed by atoms with van der Waals surface area (Å²) in [6.45, 7) is 5.45. The third-order valence-corrected chi connectivity index (χ3v) is 4.93. The molecule has 1 aromatic rings. The SMILES string of the molecule is C.C.C.C.CC(c1ccc(C(O)(C(F)(F)F)C(F)(F)F)cc1)C(C)(C(=O)OC(C)(C)C)C(F)(F)F. The molecule has 0 heterocycles. The highest BCUT2D eigenvalue weighted by Crippen LogP contribution is 2.52. The van der Waals surface area contributed by atoms with Gasteiger partial charge in [0.2, 0.25) is 0 Å². The van der Waals surface area contributed by atoms with Crippen molar-refractivity contribution in [3.63, 3.8) is 0 Å². The summed E-state index contributed by atoms with van der Waals surface area (Å²) in [4.78, 5) is 12.4. The Balaban J connectivity index is -0.00000120. The Bertz CT molecular complexity index is 775. The van der Waals surface area contributed by atoms with Gasteiger partial charge < -0.3 is 9.84 Å². The van der Waals surface area contributed by atoms with E-state index in [1.54, 1.807) is 0 Å². The van der Waals surface area contributed by atoms with Crippen molar-refractivity contribution < 1.29 is 54.2 Å². The van der Waals surface area contributed by atoms with Crippen LogP contribution in [0.2, 0.25) is 0 Å². The largest absolute Gasteiger partial charge is 0.459 e. The van der Waals surface area contributed by atoms with Gasteiger partial charge in [0.05, 0.1) is 0 Å². The van der Waals surface area contributed by atoms with Gasteiger partial charge in [0, 0.05) is 11.5 Å². The van der Waals surface area contributed by atoms with Crippen molar-refractivity contribution in [3.8, 4) is 0 Å². The van der Waals surface area contributed by atoms with Crippen molar-refractivity contribution in [2.45, 2.75) is 100.0 Å². The second kappa shape index (κ2) is 11.8. The molecule has 0 saturated heterocycles. The third kappa shape index (κ3) is 7.50. The number of alkyl halides is 9. The minimum atomic E-state index is -6.14. The maximum Gasteiger partial charge on any atom is 0.430 e. The third-order valence-electron chi connectivity index (χ3n) is 4.93. The molecule has 0 aliphatic rings. The normalized spacial score (nSPS) is 15.2. The second-order valence-corrected chi connectivity index (χ2v) is 8.25. The highest BCUT2D eigenvalue weighted by atomic mass is 19.4. The lowest BCUT2D eigenvalue weighted by Gasteiger charge is -2.37. The molecular formula is C23H37F9O3. The average Bonchev–Trinajstić information content (AvgIpc) is 2.55. The van der Waals surface area contributed by atoms with E-state index >= 15 is 0 Å². The highest BCUT2D eigenvalue weighted by Gasteiger charge is 2.71. The van der Waals surface area contributed by atoms with Crippen LogP contribution in [0.4, 0.5) is 39.5 Å². The molecule has 0 amide bonds. The molecule has 2 unspecified atom stereocenters. The number of benzene rings is 1. The highest BCUT2D eigenvalue weighted by molar-refractivity contribution is 5.79. The standard InChI is InChI=1S/C19H21F9O3.4CH4/c1-10(15(5,17(20,21)22)13(29)31-14(2,3)4)11-6-8-12(9-7-11)16(30,18(23,24)25)19(26,27)28;;;;/h6-10,30H,1-5H3;4*1H4. The second-order valence-electron chi connectivity index (χ2n) is 8.25. The maximum absolute atomic E-state index is 13.8. The molecule has 12 heteroatoms. The van der Waals surface area contributed by atoms with E-state index in [1.807, 2.05) is 0 Å². The van der Waals surface area contributed by atoms with Gasteiger partial charge in [-0.2, -0.15) is 39.5 Å². The molecule has 0 radical (unpaired) electrons. The molecule has 0 aromatic heterocycles. The molecule has 0 fully saturated rings. The summed E-state index contributed by atoms with van der Waals surface area (Å²) in [5, 5.41) is 9.39. The fraction of sp³-hybridized carbons (Fsp3) is 0.696. The molecule has 0 aliphatic heterocycles. The van der Waals surface area contributed by atoms with Gasteiger partial charge in [-0.3, -0.25) is 4.79 Å². The Morgan fingerprint density at radius 1 is 0.743 bits per heavy atom.